The van der Waals surface area contributed by atoms with Gasteiger partial charge in [-0.15, -0.1) is 11.3 Å². The number of hydrogen-bond acceptors (Lipinski definition) is 6. The fraction of sp³-hybridized carbons (Fsp3) is 0.526. The van der Waals surface area contributed by atoms with Gasteiger partial charge in [0.1, 0.15) is 4.21 Å². The third-order valence-corrected chi connectivity index (χ3v) is 9.46. The average Bonchev–Trinajstić information content (AvgIpc) is 3.43. The quantitative estimate of drug-likeness (QED) is 0.718. The molecule has 2 saturated heterocycles. The zero-order valence-corrected chi connectivity index (χ0v) is 18.1. The Morgan fingerprint density at radius 2 is 1.93 bits per heavy atom. The first-order chi connectivity index (χ1) is 13.5. The molecular weight excluding hydrogens is 414 g/mol. The number of piperidine rings is 1. The molecule has 4 heterocycles. The third kappa shape index (κ3) is 4.33. The van der Waals surface area contributed by atoms with Crippen molar-refractivity contribution in [3.63, 3.8) is 0 Å². The largest absolute Gasteiger partial charge is 0.340 e. The Morgan fingerprint density at radius 1 is 1.11 bits per heavy atom. The molecule has 152 valence electrons. The van der Waals surface area contributed by atoms with Crippen molar-refractivity contribution in [3.8, 4) is 0 Å². The molecule has 28 heavy (non-hydrogen) atoms. The van der Waals surface area contributed by atoms with Crippen molar-refractivity contribution in [2.24, 2.45) is 5.92 Å². The Balaban J connectivity index is 1.33. The number of sulfonamides is 1. The van der Waals surface area contributed by atoms with E-state index in [1.54, 1.807) is 28.8 Å². The van der Waals surface area contributed by atoms with Crippen LogP contribution in [0.2, 0.25) is 0 Å². The molecule has 0 aromatic carbocycles. The van der Waals surface area contributed by atoms with Gasteiger partial charge in [-0.2, -0.15) is 15.6 Å². The van der Waals surface area contributed by atoms with Crippen molar-refractivity contribution in [3.05, 3.63) is 39.9 Å². The van der Waals surface area contributed by atoms with Gasteiger partial charge in [-0.3, -0.25) is 9.69 Å². The van der Waals surface area contributed by atoms with Crippen LogP contribution >= 0.6 is 22.7 Å². The molecule has 2 aliphatic heterocycles. The summed E-state index contributed by atoms with van der Waals surface area (Å²) in [6, 6.07) is 5.53. The van der Waals surface area contributed by atoms with Gasteiger partial charge in [-0.25, -0.2) is 8.42 Å². The summed E-state index contributed by atoms with van der Waals surface area (Å²) in [6.45, 7) is 4.90. The lowest BCUT2D eigenvalue weighted by atomic mass is 9.97. The van der Waals surface area contributed by atoms with Crippen LogP contribution in [0.3, 0.4) is 0 Å². The number of carbonyl (C=O) groups is 1. The van der Waals surface area contributed by atoms with Gasteiger partial charge < -0.3 is 4.90 Å². The highest BCUT2D eigenvalue weighted by molar-refractivity contribution is 7.91. The predicted octanol–water partition coefficient (Wildman–Crippen LogP) is 2.55. The van der Waals surface area contributed by atoms with Crippen LogP contribution in [-0.4, -0.2) is 67.7 Å². The zero-order chi connectivity index (χ0) is 19.6. The summed E-state index contributed by atoms with van der Waals surface area (Å²) in [5, 5.41) is 6.03. The van der Waals surface area contributed by atoms with Crippen LogP contribution in [0.15, 0.2) is 38.5 Å². The molecule has 2 fully saturated rings. The molecule has 1 atom stereocenters. The molecule has 9 heteroatoms. The Kier molecular flexibility index (Phi) is 6.17. The van der Waals surface area contributed by atoms with E-state index < -0.39 is 10.0 Å². The minimum Gasteiger partial charge on any atom is -0.340 e. The number of thiophene rings is 2. The zero-order valence-electron chi connectivity index (χ0n) is 15.7. The van der Waals surface area contributed by atoms with Crippen molar-refractivity contribution in [2.45, 2.75) is 23.6 Å². The molecule has 0 aliphatic carbocycles. The number of amides is 1. The van der Waals surface area contributed by atoms with Crippen LogP contribution in [0.1, 0.15) is 18.4 Å². The number of nitrogens with zero attached hydrogens (tertiary/aromatic N) is 3. The van der Waals surface area contributed by atoms with Crippen LogP contribution in [0.25, 0.3) is 0 Å². The summed E-state index contributed by atoms with van der Waals surface area (Å²) in [6.07, 6.45) is 1.50. The lowest BCUT2D eigenvalue weighted by Crippen LogP contribution is -2.52. The van der Waals surface area contributed by atoms with Crippen molar-refractivity contribution in [1.29, 1.82) is 0 Å². The van der Waals surface area contributed by atoms with Crippen molar-refractivity contribution in [1.82, 2.24) is 14.1 Å². The number of carbonyl (C=O) groups excluding carboxylic acids is 1. The molecule has 1 amide bonds. The van der Waals surface area contributed by atoms with E-state index in [1.807, 2.05) is 4.90 Å². The van der Waals surface area contributed by atoms with Gasteiger partial charge in [0.05, 0.1) is 5.92 Å². The Labute approximate surface area is 174 Å². The second-order valence-corrected chi connectivity index (χ2v) is 11.3. The van der Waals surface area contributed by atoms with Crippen LogP contribution in [0.4, 0.5) is 0 Å². The maximum absolute atomic E-state index is 13.0. The smallest absolute Gasteiger partial charge is 0.252 e. The lowest BCUT2D eigenvalue weighted by molar-refractivity contribution is -0.138. The average molecular weight is 440 g/mol. The van der Waals surface area contributed by atoms with Gasteiger partial charge in [0, 0.05) is 45.8 Å². The third-order valence-electron chi connectivity index (χ3n) is 5.49. The van der Waals surface area contributed by atoms with E-state index >= 15 is 0 Å². The maximum atomic E-state index is 13.0. The second kappa shape index (κ2) is 8.62. The minimum absolute atomic E-state index is 0.112. The Bertz CT molecular complexity index is 873. The monoisotopic (exact) mass is 439 g/mol. The summed E-state index contributed by atoms with van der Waals surface area (Å²) in [4.78, 5) is 17.3. The van der Waals surface area contributed by atoms with Crippen LogP contribution < -0.4 is 0 Å². The highest BCUT2D eigenvalue weighted by Crippen LogP contribution is 2.27. The molecule has 2 aromatic rings. The van der Waals surface area contributed by atoms with Gasteiger partial charge in [-0.05, 0) is 46.7 Å². The highest BCUT2D eigenvalue weighted by Gasteiger charge is 2.36. The molecule has 2 aromatic heterocycles. The van der Waals surface area contributed by atoms with Crippen LogP contribution in [0.5, 0.6) is 0 Å². The number of hydrogen-bond donors (Lipinski definition) is 0. The summed E-state index contributed by atoms with van der Waals surface area (Å²) in [5.41, 5.74) is 1.33. The SMILES string of the molecule is O=C([C@H]1CCCN(S(=O)(=O)c2cccs2)C1)N1CCN(Cc2ccsc2)CC1. The van der Waals surface area contributed by atoms with E-state index in [0.717, 1.165) is 45.6 Å². The molecule has 0 saturated carbocycles. The fourth-order valence-corrected chi connectivity index (χ4v) is 7.25. The van der Waals surface area contributed by atoms with Gasteiger partial charge in [0.15, 0.2) is 0 Å². The second-order valence-electron chi connectivity index (χ2n) is 7.37. The highest BCUT2D eigenvalue weighted by atomic mass is 32.2. The van der Waals surface area contributed by atoms with Gasteiger partial charge in [0.2, 0.25) is 5.91 Å². The number of piperazine rings is 1. The minimum atomic E-state index is -3.48. The van der Waals surface area contributed by atoms with Gasteiger partial charge in [0.25, 0.3) is 10.0 Å². The van der Waals surface area contributed by atoms with E-state index in [1.165, 1.54) is 21.2 Å². The predicted molar refractivity (Wildman–Crippen MR) is 112 cm³/mol. The van der Waals surface area contributed by atoms with Crippen molar-refractivity contribution in [2.75, 3.05) is 39.3 Å². The maximum Gasteiger partial charge on any atom is 0.252 e. The number of rotatable bonds is 5. The van der Waals surface area contributed by atoms with E-state index in [0.29, 0.717) is 17.3 Å². The summed E-state index contributed by atoms with van der Waals surface area (Å²) >= 11 is 2.94. The van der Waals surface area contributed by atoms with Crippen molar-refractivity contribution < 1.29 is 13.2 Å². The summed E-state index contributed by atoms with van der Waals surface area (Å²) < 4.78 is 27.4. The molecule has 0 radical (unpaired) electrons. The fourth-order valence-electron chi connectivity index (χ4n) is 3.93. The lowest BCUT2D eigenvalue weighted by Gasteiger charge is -2.38. The molecule has 0 bridgehead atoms. The molecule has 0 N–H and O–H groups in total. The van der Waals surface area contributed by atoms with Crippen molar-refractivity contribution >= 4 is 38.6 Å². The first-order valence-corrected chi connectivity index (χ1v) is 12.9. The molecule has 0 spiro atoms. The Hall–Kier alpha value is -1.26. The summed E-state index contributed by atoms with van der Waals surface area (Å²) in [5.74, 6) is -0.117. The molecule has 0 unspecified atom stereocenters. The first kappa shape index (κ1) is 20.0. The van der Waals surface area contributed by atoms with E-state index in [9.17, 15) is 13.2 Å². The molecule has 2 aliphatic rings. The Morgan fingerprint density at radius 3 is 2.61 bits per heavy atom. The first-order valence-electron chi connectivity index (χ1n) is 9.60. The topological polar surface area (TPSA) is 60.9 Å². The van der Waals surface area contributed by atoms with Gasteiger partial charge >= 0.3 is 0 Å². The molecular formula is C19H25N3O3S3. The van der Waals surface area contributed by atoms with E-state index in [2.05, 4.69) is 21.7 Å². The summed E-state index contributed by atoms with van der Waals surface area (Å²) in [7, 11) is -3.48. The van der Waals surface area contributed by atoms with Crippen LogP contribution in [0, 0.1) is 5.92 Å². The molecule has 4 rings (SSSR count). The standard InChI is InChI=1S/C19H25N3O3S3/c23-19(21-9-7-20(8-10-21)13-16-5-12-26-15-16)17-3-1-6-22(14-17)28(24,25)18-4-2-11-27-18/h2,4-5,11-12,15,17H,1,3,6-10,13-14H2/t17-/m0/s1. The van der Waals surface area contributed by atoms with E-state index in [4.69, 9.17) is 0 Å². The van der Waals surface area contributed by atoms with Crippen LogP contribution in [-0.2, 0) is 21.4 Å². The molecule has 6 nitrogen and oxygen atoms in total. The van der Waals surface area contributed by atoms with Gasteiger partial charge in [-0.1, -0.05) is 6.07 Å². The normalized spacial score (nSPS) is 22.4. The van der Waals surface area contributed by atoms with E-state index in [-0.39, 0.29) is 11.8 Å².